The summed E-state index contributed by atoms with van der Waals surface area (Å²) in [5, 5.41) is 18.2. The molecule has 0 aliphatic carbocycles. The van der Waals surface area contributed by atoms with Crippen molar-refractivity contribution in [1.82, 2.24) is 20.4 Å². The van der Waals surface area contributed by atoms with E-state index in [1.54, 1.807) is 42.0 Å². The van der Waals surface area contributed by atoms with Gasteiger partial charge in [0.1, 0.15) is 11.9 Å². The van der Waals surface area contributed by atoms with Crippen molar-refractivity contribution in [3.8, 4) is 5.75 Å². The quantitative estimate of drug-likeness (QED) is 0.466. The summed E-state index contributed by atoms with van der Waals surface area (Å²) in [6.45, 7) is 11.8. The van der Waals surface area contributed by atoms with Crippen LogP contribution in [-0.4, -0.2) is 83.8 Å². The molecule has 1 aromatic carbocycles. The summed E-state index contributed by atoms with van der Waals surface area (Å²) in [7, 11) is 1.71. The number of hydrogen-bond acceptors (Lipinski definition) is 5. The summed E-state index contributed by atoms with van der Waals surface area (Å²) >= 11 is 0. The van der Waals surface area contributed by atoms with Crippen LogP contribution in [0, 0.1) is 5.92 Å². The summed E-state index contributed by atoms with van der Waals surface area (Å²) in [6.07, 6.45) is -0.344. The topological polar surface area (TPSA) is 123 Å². The first-order valence-electron chi connectivity index (χ1n) is 12.2. The minimum atomic E-state index is -0.404. The average Bonchev–Trinajstić information content (AvgIpc) is 2.80. The predicted octanol–water partition coefficient (Wildman–Crippen LogP) is 2.42. The third kappa shape index (κ3) is 8.31. The number of aliphatic hydroxyl groups excluding tert-OH is 1. The number of hydrogen-bond donors (Lipinski definition) is 4. The number of carbonyl (C=O) groups excluding carboxylic acids is 3. The maximum absolute atomic E-state index is 13.3. The van der Waals surface area contributed by atoms with E-state index in [2.05, 4.69) is 16.0 Å². The first-order valence-corrected chi connectivity index (χ1v) is 12.2. The second-order valence-corrected chi connectivity index (χ2v) is 9.95. The van der Waals surface area contributed by atoms with Gasteiger partial charge in [0, 0.05) is 42.8 Å². The van der Waals surface area contributed by atoms with Crippen LogP contribution in [-0.2, 0) is 11.2 Å². The molecule has 0 unspecified atom stereocenters. The second-order valence-electron chi connectivity index (χ2n) is 9.95. The van der Waals surface area contributed by atoms with E-state index >= 15 is 0 Å². The fourth-order valence-corrected chi connectivity index (χ4v) is 3.86. The molecule has 0 aromatic heterocycles. The monoisotopic (exact) mass is 491 g/mol. The number of amides is 5. The van der Waals surface area contributed by atoms with Crippen LogP contribution in [0.25, 0.3) is 0 Å². The van der Waals surface area contributed by atoms with Gasteiger partial charge < -0.3 is 35.6 Å². The van der Waals surface area contributed by atoms with E-state index in [0.717, 1.165) is 0 Å². The van der Waals surface area contributed by atoms with Crippen LogP contribution in [0.1, 0.15) is 47.1 Å². The van der Waals surface area contributed by atoms with Crippen molar-refractivity contribution in [2.45, 2.75) is 72.2 Å². The Balaban J connectivity index is 2.38. The zero-order chi connectivity index (χ0) is 26.3. The molecule has 10 heteroatoms. The molecule has 0 saturated heterocycles. The van der Waals surface area contributed by atoms with E-state index < -0.39 is 6.10 Å². The van der Waals surface area contributed by atoms with Crippen LogP contribution in [0.2, 0.25) is 0 Å². The minimum Gasteiger partial charge on any atom is -0.488 e. The van der Waals surface area contributed by atoms with Gasteiger partial charge in [0.15, 0.2) is 0 Å². The van der Waals surface area contributed by atoms with Crippen molar-refractivity contribution < 1.29 is 24.2 Å². The molecular weight excluding hydrogens is 450 g/mol. The molecule has 0 spiro atoms. The lowest BCUT2D eigenvalue weighted by Gasteiger charge is -2.34. The zero-order valence-corrected chi connectivity index (χ0v) is 21.9. The van der Waals surface area contributed by atoms with Gasteiger partial charge in [-0.3, -0.25) is 4.79 Å². The Bertz CT molecular complexity index is 891. The number of nitrogens with one attached hydrogen (secondary N) is 3. The highest BCUT2D eigenvalue weighted by Crippen LogP contribution is 2.29. The maximum atomic E-state index is 13.3. The number of ether oxygens (including phenoxy) is 1. The Morgan fingerprint density at radius 1 is 1.17 bits per heavy atom. The highest BCUT2D eigenvalue weighted by molar-refractivity contribution is 5.90. The molecule has 4 N–H and O–H groups in total. The minimum absolute atomic E-state index is 0.00175. The summed E-state index contributed by atoms with van der Waals surface area (Å²) in [5.74, 6) is 0.266. The molecule has 1 aliphatic rings. The lowest BCUT2D eigenvalue weighted by Crippen LogP contribution is -2.49. The van der Waals surface area contributed by atoms with E-state index in [4.69, 9.17) is 4.74 Å². The van der Waals surface area contributed by atoms with E-state index in [0.29, 0.717) is 30.1 Å². The SMILES string of the molecule is CC(C)NC(=O)Nc1ccc2c(c1)CC(=O)N([C@H](C)CO)C[C@@H](C)[C@@H](CN(C)C(=O)NC(C)C)O2. The van der Waals surface area contributed by atoms with Gasteiger partial charge >= 0.3 is 12.1 Å². The zero-order valence-electron chi connectivity index (χ0n) is 21.9. The van der Waals surface area contributed by atoms with Gasteiger partial charge in [0.25, 0.3) is 0 Å². The molecule has 1 aliphatic heterocycles. The molecule has 35 heavy (non-hydrogen) atoms. The van der Waals surface area contributed by atoms with E-state index in [9.17, 15) is 19.5 Å². The van der Waals surface area contributed by atoms with Crippen molar-refractivity contribution in [1.29, 1.82) is 0 Å². The van der Waals surface area contributed by atoms with Crippen LogP contribution in [0.4, 0.5) is 15.3 Å². The standard InChI is InChI=1S/C25H41N5O5/c1-15(2)26-24(33)28-20-8-9-21-19(10-20)11-23(32)30(18(6)14-31)12-17(5)22(35-21)13-29(7)25(34)27-16(3)4/h8-10,15-18,22,31H,11-14H2,1-7H3,(H,27,34)(H2,26,28,33)/t17-,18-,22-/m1/s1. The Morgan fingerprint density at radius 2 is 1.83 bits per heavy atom. The van der Waals surface area contributed by atoms with E-state index in [1.165, 1.54) is 0 Å². The molecule has 0 bridgehead atoms. The number of aliphatic hydroxyl groups is 1. The third-order valence-corrected chi connectivity index (χ3v) is 5.81. The van der Waals surface area contributed by atoms with Crippen molar-refractivity contribution >= 4 is 23.7 Å². The lowest BCUT2D eigenvalue weighted by molar-refractivity contribution is -0.134. The van der Waals surface area contributed by atoms with Crippen molar-refractivity contribution in [2.75, 3.05) is 32.1 Å². The normalized spacial score (nSPS) is 19.1. The molecule has 1 heterocycles. The number of urea groups is 2. The van der Waals surface area contributed by atoms with Gasteiger partial charge in [-0.1, -0.05) is 6.92 Å². The molecule has 3 atom stereocenters. The molecular formula is C25H41N5O5. The Kier molecular flexibility index (Phi) is 10.2. The van der Waals surface area contributed by atoms with Gasteiger partial charge in [0.2, 0.25) is 5.91 Å². The first kappa shape index (κ1) is 28.2. The van der Waals surface area contributed by atoms with E-state index in [1.807, 2.05) is 34.6 Å². The van der Waals surface area contributed by atoms with Crippen LogP contribution in [0.3, 0.4) is 0 Å². The maximum Gasteiger partial charge on any atom is 0.319 e. The van der Waals surface area contributed by atoms with Crippen LogP contribution < -0.4 is 20.7 Å². The molecule has 0 fully saturated rings. The van der Waals surface area contributed by atoms with Crippen molar-refractivity contribution in [3.05, 3.63) is 23.8 Å². The number of anilines is 1. The van der Waals surface area contributed by atoms with E-state index in [-0.39, 0.29) is 55.0 Å². The van der Waals surface area contributed by atoms with Gasteiger partial charge in [0.05, 0.1) is 25.6 Å². The summed E-state index contributed by atoms with van der Waals surface area (Å²) < 4.78 is 6.40. The fourth-order valence-electron chi connectivity index (χ4n) is 3.86. The van der Waals surface area contributed by atoms with Crippen molar-refractivity contribution in [3.63, 3.8) is 0 Å². The molecule has 0 saturated carbocycles. The fraction of sp³-hybridized carbons (Fsp3) is 0.640. The number of benzene rings is 1. The number of carbonyl (C=O) groups is 3. The first-order chi connectivity index (χ1) is 16.4. The third-order valence-electron chi connectivity index (χ3n) is 5.81. The largest absolute Gasteiger partial charge is 0.488 e. The molecule has 5 amide bonds. The lowest BCUT2D eigenvalue weighted by atomic mass is 10.0. The van der Waals surface area contributed by atoms with Crippen LogP contribution in [0.15, 0.2) is 18.2 Å². The Hall–Kier alpha value is -3.01. The van der Waals surface area contributed by atoms with Crippen LogP contribution >= 0.6 is 0 Å². The number of nitrogens with zero attached hydrogens (tertiary/aromatic N) is 2. The van der Waals surface area contributed by atoms with Gasteiger partial charge in [-0.25, -0.2) is 9.59 Å². The number of rotatable bonds is 7. The second kappa shape index (κ2) is 12.6. The van der Waals surface area contributed by atoms with Crippen molar-refractivity contribution in [2.24, 2.45) is 5.92 Å². The Labute approximate surface area is 208 Å². The Morgan fingerprint density at radius 3 is 2.43 bits per heavy atom. The molecule has 0 radical (unpaired) electrons. The summed E-state index contributed by atoms with van der Waals surface area (Å²) in [4.78, 5) is 41.2. The summed E-state index contributed by atoms with van der Waals surface area (Å²) in [5.41, 5.74) is 1.17. The van der Waals surface area contributed by atoms with Gasteiger partial charge in [-0.2, -0.15) is 0 Å². The smallest absolute Gasteiger partial charge is 0.319 e. The van der Waals surface area contributed by atoms with Gasteiger partial charge in [-0.15, -0.1) is 0 Å². The molecule has 196 valence electrons. The molecule has 1 aromatic rings. The molecule has 2 rings (SSSR count). The summed E-state index contributed by atoms with van der Waals surface area (Å²) in [6, 6.07) is 4.27. The number of fused-ring (bicyclic) bond motifs is 1. The number of likely N-dealkylation sites (N-methyl/N-ethyl adjacent to an activating group) is 1. The highest BCUT2D eigenvalue weighted by Gasteiger charge is 2.32. The highest BCUT2D eigenvalue weighted by atomic mass is 16.5. The molecule has 10 nitrogen and oxygen atoms in total. The van der Waals surface area contributed by atoms with Crippen LogP contribution in [0.5, 0.6) is 5.75 Å². The average molecular weight is 492 g/mol. The predicted molar refractivity (Wildman–Crippen MR) is 136 cm³/mol. The van der Waals surface area contributed by atoms with Gasteiger partial charge in [-0.05, 0) is 52.8 Å².